The zero-order valence-corrected chi connectivity index (χ0v) is 15.6. The highest BCUT2D eigenvalue weighted by Gasteiger charge is 2.24. The van der Waals surface area contributed by atoms with E-state index in [2.05, 4.69) is 4.99 Å². The second-order valence-electron chi connectivity index (χ2n) is 6.75. The first-order chi connectivity index (χ1) is 12.5. The number of hydrogen-bond donors (Lipinski definition) is 0. The summed E-state index contributed by atoms with van der Waals surface area (Å²) in [5, 5.41) is 0. The molecular formula is C22H26FNO2. The smallest absolute Gasteiger partial charge is 0.138 e. The molecule has 4 heteroatoms. The molecule has 0 saturated carbocycles. The van der Waals surface area contributed by atoms with Crippen LogP contribution in [-0.2, 0) is 22.6 Å². The number of halogens is 1. The van der Waals surface area contributed by atoms with Crippen LogP contribution in [0.4, 0.5) is 4.39 Å². The highest BCUT2D eigenvalue weighted by Crippen LogP contribution is 2.18. The summed E-state index contributed by atoms with van der Waals surface area (Å²) in [6.07, 6.45) is 0.628. The molecule has 1 atom stereocenters. The minimum absolute atomic E-state index is 0.119. The Morgan fingerprint density at radius 1 is 1.04 bits per heavy atom. The first kappa shape index (κ1) is 20.0. The molecule has 0 spiro atoms. The Labute approximate surface area is 154 Å². The summed E-state index contributed by atoms with van der Waals surface area (Å²) in [7, 11) is 0. The largest absolute Gasteiger partial charge is 0.355 e. The zero-order valence-electron chi connectivity index (χ0n) is 15.6. The van der Waals surface area contributed by atoms with Crippen LogP contribution in [0.5, 0.6) is 0 Å². The number of ether oxygens (including phenoxy) is 1. The molecule has 0 bridgehead atoms. The number of ketones is 1. The fourth-order valence-corrected chi connectivity index (χ4v) is 3.03. The van der Waals surface area contributed by atoms with Gasteiger partial charge in [-0.2, -0.15) is 0 Å². The van der Waals surface area contributed by atoms with Gasteiger partial charge in [-0.1, -0.05) is 56.3 Å². The Morgan fingerprint density at radius 3 is 2.27 bits per heavy atom. The molecule has 0 amide bonds. The van der Waals surface area contributed by atoms with Gasteiger partial charge in [-0.25, -0.2) is 4.39 Å². The van der Waals surface area contributed by atoms with Crippen LogP contribution in [0.3, 0.4) is 0 Å². The van der Waals surface area contributed by atoms with Crippen LogP contribution >= 0.6 is 0 Å². The van der Waals surface area contributed by atoms with Crippen molar-refractivity contribution in [2.45, 2.75) is 33.8 Å². The highest BCUT2D eigenvalue weighted by molar-refractivity contribution is 6.05. The predicted molar refractivity (Wildman–Crippen MR) is 103 cm³/mol. The van der Waals surface area contributed by atoms with Gasteiger partial charge in [-0.3, -0.25) is 9.79 Å². The van der Waals surface area contributed by atoms with Crippen LogP contribution in [0.2, 0.25) is 0 Å². The van der Waals surface area contributed by atoms with E-state index in [1.807, 2.05) is 44.2 Å². The van der Waals surface area contributed by atoms with Crippen molar-refractivity contribution in [2.75, 3.05) is 6.73 Å². The molecule has 138 valence electrons. The topological polar surface area (TPSA) is 38.7 Å². The maximum Gasteiger partial charge on any atom is 0.138 e. The summed E-state index contributed by atoms with van der Waals surface area (Å²) < 4.78 is 18.5. The molecule has 0 aliphatic rings. The van der Waals surface area contributed by atoms with E-state index in [-0.39, 0.29) is 30.2 Å². The molecule has 0 heterocycles. The lowest BCUT2D eigenvalue weighted by Gasteiger charge is -2.21. The average Bonchev–Trinajstić information content (AvgIpc) is 2.60. The quantitative estimate of drug-likeness (QED) is 0.477. The first-order valence-corrected chi connectivity index (χ1v) is 8.87. The summed E-state index contributed by atoms with van der Waals surface area (Å²) in [6, 6.07) is 16.2. The predicted octanol–water partition coefficient (Wildman–Crippen LogP) is 4.84. The second-order valence-corrected chi connectivity index (χ2v) is 6.75. The normalized spacial score (nSPS) is 13.0. The lowest BCUT2D eigenvalue weighted by atomic mass is 9.85. The second kappa shape index (κ2) is 9.97. The minimum Gasteiger partial charge on any atom is -0.355 e. The Bertz CT molecular complexity index is 724. The van der Waals surface area contributed by atoms with E-state index in [1.54, 1.807) is 19.1 Å². The van der Waals surface area contributed by atoms with Gasteiger partial charge in [-0.05, 0) is 36.1 Å². The van der Waals surface area contributed by atoms with E-state index in [1.165, 1.54) is 12.1 Å². The Balaban J connectivity index is 2.07. The number of carbonyl (C=O) groups excluding carboxylic acids is 1. The number of hydrogen-bond acceptors (Lipinski definition) is 3. The van der Waals surface area contributed by atoms with Crippen molar-refractivity contribution in [1.82, 2.24) is 0 Å². The molecule has 3 nitrogen and oxygen atoms in total. The van der Waals surface area contributed by atoms with Gasteiger partial charge in [0, 0.05) is 12.1 Å². The number of rotatable bonds is 9. The Kier molecular flexibility index (Phi) is 7.67. The van der Waals surface area contributed by atoms with E-state index < -0.39 is 0 Å². The lowest BCUT2D eigenvalue weighted by molar-refractivity contribution is -0.119. The van der Waals surface area contributed by atoms with Gasteiger partial charge in [0.1, 0.15) is 18.3 Å². The van der Waals surface area contributed by atoms with Gasteiger partial charge in [0.15, 0.2) is 0 Å². The molecule has 0 radical (unpaired) electrons. The number of Topliss-reactive ketones (excluding diaryl/α,β-unsaturated/α-hetero) is 1. The molecule has 2 rings (SSSR count). The van der Waals surface area contributed by atoms with Crippen LogP contribution in [0, 0.1) is 17.7 Å². The monoisotopic (exact) mass is 355 g/mol. The molecule has 0 aliphatic carbocycles. The maximum absolute atomic E-state index is 12.9. The molecule has 1 unspecified atom stereocenters. The van der Waals surface area contributed by atoms with Crippen LogP contribution in [-0.4, -0.2) is 18.2 Å². The highest BCUT2D eigenvalue weighted by atomic mass is 19.1. The van der Waals surface area contributed by atoms with Gasteiger partial charge >= 0.3 is 0 Å². The number of nitrogens with zero attached hydrogens (tertiary/aromatic N) is 1. The number of benzene rings is 2. The molecule has 2 aromatic rings. The summed E-state index contributed by atoms with van der Waals surface area (Å²) in [5.41, 5.74) is 2.85. The van der Waals surface area contributed by atoms with Crippen molar-refractivity contribution in [3.63, 3.8) is 0 Å². The van der Waals surface area contributed by atoms with E-state index in [0.29, 0.717) is 13.0 Å². The van der Waals surface area contributed by atoms with Crippen molar-refractivity contribution in [3.05, 3.63) is 71.5 Å². The standard InChI is InChI=1S/C22H26FNO2/c1-16(2)22(17(3)25)21(13-18-7-5-4-6-8-18)24-15-26-14-19-9-11-20(23)12-10-19/h4-12,16,22H,13-15H2,1-3H3. The van der Waals surface area contributed by atoms with Gasteiger partial charge < -0.3 is 4.74 Å². The van der Waals surface area contributed by atoms with Crippen molar-refractivity contribution in [2.24, 2.45) is 16.8 Å². The van der Waals surface area contributed by atoms with Gasteiger partial charge in [0.05, 0.1) is 12.5 Å². The summed E-state index contributed by atoms with van der Waals surface area (Å²) >= 11 is 0. The van der Waals surface area contributed by atoms with Gasteiger partial charge in [0.2, 0.25) is 0 Å². The van der Waals surface area contributed by atoms with Crippen LogP contribution in [0.25, 0.3) is 0 Å². The summed E-state index contributed by atoms with van der Waals surface area (Å²) in [6.45, 7) is 6.22. The molecule has 0 aromatic heterocycles. The van der Waals surface area contributed by atoms with Crippen molar-refractivity contribution < 1.29 is 13.9 Å². The van der Waals surface area contributed by atoms with Crippen LogP contribution < -0.4 is 0 Å². The average molecular weight is 355 g/mol. The fourth-order valence-electron chi connectivity index (χ4n) is 3.03. The first-order valence-electron chi connectivity index (χ1n) is 8.87. The van der Waals surface area contributed by atoms with Gasteiger partial charge in [0.25, 0.3) is 0 Å². The summed E-state index contributed by atoms with van der Waals surface area (Å²) in [5.74, 6) is -0.192. The molecule has 2 aromatic carbocycles. The molecule has 0 saturated heterocycles. The Hall–Kier alpha value is -2.33. The third-order valence-corrected chi connectivity index (χ3v) is 4.23. The fraction of sp³-hybridized carbons (Fsp3) is 0.364. The van der Waals surface area contributed by atoms with E-state index in [0.717, 1.165) is 16.8 Å². The van der Waals surface area contributed by atoms with E-state index in [9.17, 15) is 9.18 Å². The SMILES string of the molecule is CC(=O)C(C(Cc1ccccc1)=NCOCc1ccc(F)cc1)C(C)C. The lowest BCUT2D eigenvalue weighted by Crippen LogP contribution is -2.29. The van der Waals surface area contributed by atoms with Crippen LogP contribution in [0.1, 0.15) is 31.9 Å². The van der Waals surface area contributed by atoms with Crippen molar-refractivity contribution >= 4 is 11.5 Å². The third kappa shape index (κ3) is 6.19. The van der Waals surface area contributed by atoms with E-state index >= 15 is 0 Å². The minimum atomic E-state index is -0.266. The molecule has 0 fully saturated rings. The third-order valence-electron chi connectivity index (χ3n) is 4.23. The van der Waals surface area contributed by atoms with Crippen molar-refractivity contribution in [3.8, 4) is 0 Å². The number of carbonyl (C=O) groups is 1. The Morgan fingerprint density at radius 2 is 1.69 bits per heavy atom. The molecule has 0 N–H and O–H groups in total. The summed E-state index contributed by atoms with van der Waals surface area (Å²) in [4.78, 5) is 16.7. The van der Waals surface area contributed by atoms with Gasteiger partial charge in [-0.15, -0.1) is 0 Å². The van der Waals surface area contributed by atoms with E-state index in [4.69, 9.17) is 4.74 Å². The zero-order chi connectivity index (χ0) is 18.9. The number of aliphatic imine (C=N–C) groups is 1. The van der Waals surface area contributed by atoms with Crippen molar-refractivity contribution in [1.29, 1.82) is 0 Å². The molecule has 0 aliphatic heterocycles. The maximum atomic E-state index is 12.9. The molecule has 26 heavy (non-hydrogen) atoms. The van der Waals surface area contributed by atoms with Crippen LogP contribution in [0.15, 0.2) is 59.6 Å². The molecular weight excluding hydrogens is 329 g/mol.